The Bertz CT molecular complexity index is 796. The van der Waals surface area contributed by atoms with Crippen molar-refractivity contribution in [3.05, 3.63) is 65.7 Å². The van der Waals surface area contributed by atoms with E-state index in [-0.39, 0.29) is 18.7 Å². The molecule has 2 aromatic rings. The monoisotopic (exact) mass is 349 g/mol. The normalized spacial score (nSPS) is 15.9. The molecule has 2 N–H and O–H groups in total. The van der Waals surface area contributed by atoms with E-state index in [1.807, 2.05) is 30.3 Å². The molecule has 1 aliphatic rings. The highest BCUT2D eigenvalue weighted by atomic mass is 16.6. The molecule has 26 heavy (non-hydrogen) atoms. The van der Waals surface area contributed by atoms with Crippen LogP contribution in [0.1, 0.15) is 24.0 Å². The third-order valence-electron chi connectivity index (χ3n) is 4.28. The molecule has 1 unspecified atom stereocenters. The van der Waals surface area contributed by atoms with Crippen LogP contribution < -0.4 is 5.46 Å². The Morgan fingerprint density at radius 2 is 1.88 bits per heavy atom. The molecule has 5 nitrogen and oxygen atoms in total. The SMILES string of the molecule is O=C(OCc1ccccc1)N1CCCC1C#Cc1ccc(B(O)O)cc1. The van der Waals surface area contributed by atoms with E-state index in [1.54, 1.807) is 29.2 Å². The molecule has 2 aromatic carbocycles. The second-order valence-corrected chi connectivity index (χ2v) is 6.16. The van der Waals surface area contributed by atoms with Crippen LogP contribution >= 0.6 is 0 Å². The molecule has 0 aromatic heterocycles. The highest BCUT2D eigenvalue weighted by Gasteiger charge is 2.28. The first-order valence-electron chi connectivity index (χ1n) is 8.58. The number of carbonyl (C=O) groups is 1. The average Bonchev–Trinajstić information content (AvgIpc) is 3.14. The standard InChI is InChI=1S/C20H20BNO4/c23-20(26-15-17-5-2-1-3-6-17)22-14-4-7-19(22)13-10-16-8-11-18(12-9-16)21(24)25/h1-3,5-6,8-9,11-12,19,24-25H,4,7,14-15H2. The minimum atomic E-state index is -1.48. The van der Waals surface area contributed by atoms with Crippen molar-refractivity contribution in [2.24, 2.45) is 0 Å². The zero-order valence-corrected chi connectivity index (χ0v) is 14.3. The van der Waals surface area contributed by atoms with Crippen molar-refractivity contribution in [1.29, 1.82) is 0 Å². The predicted octanol–water partition coefficient (Wildman–Crippen LogP) is 1.52. The maximum Gasteiger partial charge on any atom is 0.488 e. The first kappa shape index (κ1) is 18.1. The number of likely N-dealkylation sites (tertiary alicyclic amines) is 1. The van der Waals surface area contributed by atoms with Crippen LogP contribution in [0.3, 0.4) is 0 Å². The summed E-state index contributed by atoms with van der Waals surface area (Å²) in [5.41, 5.74) is 2.13. The Morgan fingerprint density at radius 1 is 1.15 bits per heavy atom. The van der Waals surface area contributed by atoms with Crippen LogP contribution in [0.4, 0.5) is 4.79 Å². The summed E-state index contributed by atoms with van der Waals surface area (Å²) < 4.78 is 5.40. The molecule has 0 saturated carbocycles. The molecule has 1 aliphatic heterocycles. The molecule has 0 radical (unpaired) electrons. The fourth-order valence-electron chi connectivity index (χ4n) is 2.84. The fraction of sp³-hybridized carbons (Fsp3) is 0.250. The number of benzene rings is 2. The Morgan fingerprint density at radius 3 is 2.58 bits per heavy atom. The van der Waals surface area contributed by atoms with Gasteiger partial charge in [-0.05, 0) is 36.0 Å². The highest BCUT2D eigenvalue weighted by molar-refractivity contribution is 6.58. The van der Waals surface area contributed by atoms with Crippen LogP contribution in [0.2, 0.25) is 0 Å². The molecular weight excluding hydrogens is 329 g/mol. The van der Waals surface area contributed by atoms with Crippen LogP contribution in [-0.4, -0.2) is 40.7 Å². The van der Waals surface area contributed by atoms with E-state index < -0.39 is 7.12 Å². The number of hydrogen-bond donors (Lipinski definition) is 2. The molecule has 1 heterocycles. The number of rotatable bonds is 3. The number of nitrogens with zero attached hydrogens (tertiary/aromatic N) is 1. The molecule has 6 heteroatoms. The molecule has 0 spiro atoms. The van der Waals surface area contributed by atoms with E-state index in [0.717, 1.165) is 24.0 Å². The summed E-state index contributed by atoms with van der Waals surface area (Å²) in [4.78, 5) is 14.0. The molecule has 0 aliphatic carbocycles. The second kappa shape index (κ2) is 8.57. The quantitative estimate of drug-likeness (QED) is 0.651. The number of amides is 1. The minimum absolute atomic E-state index is 0.165. The predicted molar refractivity (Wildman–Crippen MR) is 99.5 cm³/mol. The Labute approximate surface area is 153 Å². The summed E-state index contributed by atoms with van der Waals surface area (Å²) in [5, 5.41) is 18.2. The lowest BCUT2D eigenvalue weighted by Gasteiger charge is -2.20. The summed E-state index contributed by atoms with van der Waals surface area (Å²) >= 11 is 0. The van der Waals surface area contributed by atoms with Gasteiger partial charge in [0, 0.05) is 12.1 Å². The summed E-state index contributed by atoms with van der Waals surface area (Å²) in [6.07, 6.45) is 1.38. The molecule has 3 rings (SSSR count). The van der Waals surface area contributed by atoms with Gasteiger partial charge in [0.1, 0.15) is 6.61 Å². The van der Waals surface area contributed by atoms with E-state index in [0.29, 0.717) is 12.0 Å². The third kappa shape index (κ3) is 4.66. The van der Waals surface area contributed by atoms with Gasteiger partial charge in [-0.2, -0.15) is 0 Å². The molecular formula is C20H20BNO4. The van der Waals surface area contributed by atoms with Crippen molar-refractivity contribution in [2.75, 3.05) is 6.54 Å². The zero-order valence-electron chi connectivity index (χ0n) is 14.3. The van der Waals surface area contributed by atoms with Crippen molar-refractivity contribution in [3.63, 3.8) is 0 Å². The zero-order chi connectivity index (χ0) is 18.4. The van der Waals surface area contributed by atoms with Crippen molar-refractivity contribution >= 4 is 18.7 Å². The second-order valence-electron chi connectivity index (χ2n) is 6.16. The molecule has 1 fully saturated rings. The van der Waals surface area contributed by atoms with Gasteiger partial charge >= 0.3 is 13.2 Å². The lowest BCUT2D eigenvalue weighted by Crippen LogP contribution is -2.35. The van der Waals surface area contributed by atoms with Crippen LogP contribution in [0.25, 0.3) is 0 Å². The first-order valence-corrected chi connectivity index (χ1v) is 8.58. The molecule has 0 bridgehead atoms. The molecule has 1 amide bonds. The molecule has 132 valence electrons. The number of hydrogen-bond acceptors (Lipinski definition) is 4. The fourth-order valence-corrected chi connectivity index (χ4v) is 2.84. The average molecular weight is 349 g/mol. The lowest BCUT2D eigenvalue weighted by atomic mass is 9.80. The summed E-state index contributed by atoms with van der Waals surface area (Å²) in [6.45, 7) is 0.893. The maximum absolute atomic E-state index is 12.3. The summed E-state index contributed by atoms with van der Waals surface area (Å²) in [7, 11) is -1.48. The van der Waals surface area contributed by atoms with Gasteiger partial charge in [-0.15, -0.1) is 0 Å². The number of carbonyl (C=O) groups excluding carboxylic acids is 1. The van der Waals surface area contributed by atoms with Gasteiger partial charge in [-0.3, -0.25) is 4.90 Å². The largest absolute Gasteiger partial charge is 0.488 e. The van der Waals surface area contributed by atoms with Crippen LogP contribution in [0, 0.1) is 11.8 Å². The maximum atomic E-state index is 12.3. The number of ether oxygens (including phenoxy) is 1. The van der Waals surface area contributed by atoms with Gasteiger partial charge in [-0.25, -0.2) is 4.79 Å². The van der Waals surface area contributed by atoms with Gasteiger partial charge in [0.15, 0.2) is 0 Å². The topological polar surface area (TPSA) is 70.0 Å². The smallest absolute Gasteiger partial charge is 0.445 e. The van der Waals surface area contributed by atoms with Crippen molar-refractivity contribution in [2.45, 2.75) is 25.5 Å². The Hall–Kier alpha value is -2.75. The van der Waals surface area contributed by atoms with Gasteiger partial charge in [0.2, 0.25) is 0 Å². The van der Waals surface area contributed by atoms with Gasteiger partial charge in [0.25, 0.3) is 0 Å². The van der Waals surface area contributed by atoms with Crippen molar-refractivity contribution in [3.8, 4) is 11.8 Å². The van der Waals surface area contributed by atoms with Crippen molar-refractivity contribution in [1.82, 2.24) is 4.90 Å². The Kier molecular flexibility index (Phi) is 5.95. The third-order valence-corrected chi connectivity index (χ3v) is 4.28. The van der Waals surface area contributed by atoms with Gasteiger partial charge in [0.05, 0.1) is 6.04 Å². The van der Waals surface area contributed by atoms with E-state index in [2.05, 4.69) is 11.8 Å². The van der Waals surface area contributed by atoms with Gasteiger partial charge < -0.3 is 14.8 Å². The minimum Gasteiger partial charge on any atom is -0.445 e. The van der Waals surface area contributed by atoms with Gasteiger partial charge in [-0.1, -0.05) is 54.3 Å². The van der Waals surface area contributed by atoms with E-state index >= 15 is 0 Å². The summed E-state index contributed by atoms with van der Waals surface area (Å²) in [5.74, 6) is 6.17. The summed E-state index contributed by atoms with van der Waals surface area (Å²) in [6, 6.07) is 16.1. The first-order chi connectivity index (χ1) is 12.6. The Balaban J connectivity index is 1.60. The lowest BCUT2D eigenvalue weighted by molar-refractivity contribution is 0.0984. The van der Waals surface area contributed by atoms with E-state index in [9.17, 15) is 4.79 Å². The van der Waals surface area contributed by atoms with Crippen LogP contribution in [-0.2, 0) is 11.3 Å². The van der Waals surface area contributed by atoms with E-state index in [4.69, 9.17) is 14.8 Å². The molecule has 1 atom stereocenters. The highest BCUT2D eigenvalue weighted by Crippen LogP contribution is 2.18. The van der Waals surface area contributed by atoms with Crippen molar-refractivity contribution < 1.29 is 19.6 Å². The van der Waals surface area contributed by atoms with Crippen LogP contribution in [0.15, 0.2) is 54.6 Å². The van der Waals surface area contributed by atoms with E-state index in [1.165, 1.54) is 0 Å². The molecule has 1 saturated heterocycles. The van der Waals surface area contributed by atoms with Crippen LogP contribution in [0.5, 0.6) is 0 Å².